The molecule has 0 spiro atoms. The third-order valence-electron chi connectivity index (χ3n) is 6.00. The van der Waals surface area contributed by atoms with Crippen molar-refractivity contribution < 1.29 is 0 Å². The fourth-order valence-corrected chi connectivity index (χ4v) is 4.79. The molecule has 4 rings (SSSR count). The second-order valence-electron chi connectivity index (χ2n) is 7.89. The van der Waals surface area contributed by atoms with Gasteiger partial charge in [-0.1, -0.05) is 47.5 Å². The van der Waals surface area contributed by atoms with Gasteiger partial charge >= 0.3 is 0 Å². The highest BCUT2D eigenvalue weighted by Gasteiger charge is 2.22. The number of halogens is 2. The zero-order valence-electron chi connectivity index (χ0n) is 16.1. The predicted octanol–water partition coefficient (Wildman–Crippen LogP) is 4.90. The summed E-state index contributed by atoms with van der Waals surface area (Å²) in [5, 5.41) is 12.3. The molecule has 0 amide bonds. The maximum Gasteiger partial charge on any atom is 0.0627 e. The van der Waals surface area contributed by atoms with Crippen LogP contribution in [0.4, 0.5) is 0 Å². The van der Waals surface area contributed by atoms with Crippen molar-refractivity contribution in [2.75, 3.05) is 26.2 Å². The fraction of sp³-hybridized carbons (Fsp3) is 0.500. The minimum Gasteiger partial charge on any atom is -0.310 e. The minimum atomic E-state index is 0.422. The van der Waals surface area contributed by atoms with E-state index in [2.05, 4.69) is 38.6 Å². The van der Waals surface area contributed by atoms with E-state index in [0.717, 1.165) is 43.9 Å². The molecular formula is C22H28Cl2N4. The number of aromatic amines is 1. The molecule has 28 heavy (non-hydrogen) atoms. The Morgan fingerprint density at radius 1 is 1.18 bits per heavy atom. The molecule has 0 saturated carbocycles. The smallest absolute Gasteiger partial charge is 0.0627 e. The van der Waals surface area contributed by atoms with E-state index in [1.165, 1.54) is 36.2 Å². The van der Waals surface area contributed by atoms with E-state index < -0.39 is 0 Å². The molecule has 4 nitrogen and oxygen atoms in total. The summed E-state index contributed by atoms with van der Waals surface area (Å²) < 4.78 is 0. The lowest BCUT2D eigenvalue weighted by Gasteiger charge is -2.32. The maximum atomic E-state index is 6.40. The number of H-pyrrole nitrogens is 1. The van der Waals surface area contributed by atoms with Crippen molar-refractivity contribution in [2.24, 2.45) is 0 Å². The first-order valence-electron chi connectivity index (χ1n) is 10.3. The van der Waals surface area contributed by atoms with Gasteiger partial charge in [-0.05, 0) is 69.4 Å². The van der Waals surface area contributed by atoms with E-state index in [9.17, 15) is 0 Å². The number of benzene rings is 1. The van der Waals surface area contributed by atoms with Gasteiger partial charge in [0.15, 0.2) is 0 Å². The second kappa shape index (κ2) is 9.45. The van der Waals surface area contributed by atoms with Gasteiger partial charge in [0.2, 0.25) is 0 Å². The monoisotopic (exact) mass is 418 g/mol. The first-order chi connectivity index (χ1) is 13.7. The van der Waals surface area contributed by atoms with Crippen molar-refractivity contribution in [1.82, 2.24) is 20.4 Å². The standard InChI is InChI=1S/C22H28Cl2N4/c23-20-5-3-4-19(22(20)24)16-8-12-28(13-9-16)11-2-1-10-25-18-7-6-17-15-26-27-21(17)14-18/h3-7,15-16,18,25H,1-2,8-14H2,(H,26,27). The molecule has 2 heterocycles. The van der Waals surface area contributed by atoms with E-state index in [1.807, 2.05) is 18.3 Å². The van der Waals surface area contributed by atoms with Gasteiger partial charge in [-0.15, -0.1) is 0 Å². The Kier molecular flexibility index (Phi) is 6.73. The van der Waals surface area contributed by atoms with E-state index in [-0.39, 0.29) is 0 Å². The third-order valence-corrected chi connectivity index (χ3v) is 6.83. The summed E-state index contributed by atoms with van der Waals surface area (Å²) >= 11 is 12.6. The lowest BCUT2D eigenvalue weighted by atomic mass is 9.89. The number of piperidine rings is 1. The molecule has 1 saturated heterocycles. The average Bonchev–Trinajstić information content (AvgIpc) is 3.18. The maximum absolute atomic E-state index is 6.40. The molecule has 1 unspecified atom stereocenters. The molecule has 1 aliphatic carbocycles. The summed E-state index contributed by atoms with van der Waals surface area (Å²) in [4.78, 5) is 2.59. The molecule has 1 atom stereocenters. The number of nitrogens with zero attached hydrogens (tertiary/aromatic N) is 2. The molecule has 1 aliphatic heterocycles. The molecule has 0 bridgehead atoms. The van der Waals surface area contributed by atoms with E-state index in [1.54, 1.807) is 0 Å². The third kappa shape index (κ3) is 4.80. The Morgan fingerprint density at radius 3 is 2.89 bits per heavy atom. The number of hydrogen-bond donors (Lipinski definition) is 2. The normalized spacial score (nSPS) is 20.4. The molecule has 2 N–H and O–H groups in total. The summed E-state index contributed by atoms with van der Waals surface area (Å²) in [7, 11) is 0. The van der Waals surface area contributed by atoms with Gasteiger partial charge in [-0.2, -0.15) is 5.10 Å². The number of unbranched alkanes of at least 4 members (excludes halogenated alkanes) is 1. The Labute approximate surface area is 177 Å². The number of aromatic nitrogens is 2. The highest BCUT2D eigenvalue weighted by atomic mass is 35.5. The van der Waals surface area contributed by atoms with Gasteiger partial charge in [0.25, 0.3) is 0 Å². The van der Waals surface area contributed by atoms with Crippen LogP contribution in [0.3, 0.4) is 0 Å². The SMILES string of the molecule is Clc1cccc(C2CCN(CCCCNC3C=Cc4cn[nH]c4C3)CC2)c1Cl. The van der Waals surface area contributed by atoms with Crippen molar-refractivity contribution in [3.8, 4) is 0 Å². The second-order valence-corrected chi connectivity index (χ2v) is 8.68. The number of likely N-dealkylation sites (tertiary alicyclic amines) is 1. The average molecular weight is 419 g/mol. The summed E-state index contributed by atoms with van der Waals surface area (Å²) in [6.07, 6.45) is 12.1. The van der Waals surface area contributed by atoms with Crippen molar-refractivity contribution in [3.05, 3.63) is 57.3 Å². The van der Waals surface area contributed by atoms with Gasteiger partial charge in [-0.3, -0.25) is 5.10 Å². The number of nitrogens with one attached hydrogen (secondary N) is 2. The van der Waals surface area contributed by atoms with Crippen LogP contribution in [0, 0.1) is 0 Å². The molecule has 1 fully saturated rings. The summed E-state index contributed by atoms with van der Waals surface area (Å²) in [6, 6.07) is 6.43. The van der Waals surface area contributed by atoms with Crippen LogP contribution in [-0.2, 0) is 6.42 Å². The van der Waals surface area contributed by atoms with E-state index >= 15 is 0 Å². The topological polar surface area (TPSA) is 44.0 Å². The van der Waals surface area contributed by atoms with Crippen LogP contribution in [-0.4, -0.2) is 47.3 Å². The van der Waals surface area contributed by atoms with Gasteiger partial charge < -0.3 is 10.2 Å². The highest BCUT2D eigenvalue weighted by molar-refractivity contribution is 6.42. The molecular weight excluding hydrogens is 391 g/mol. The van der Waals surface area contributed by atoms with Crippen LogP contribution in [0.2, 0.25) is 10.0 Å². The summed E-state index contributed by atoms with van der Waals surface area (Å²) in [6.45, 7) is 4.54. The van der Waals surface area contributed by atoms with Crippen LogP contribution in [0.5, 0.6) is 0 Å². The van der Waals surface area contributed by atoms with Gasteiger partial charge in [0.1, 0.15) is 0 Å². The number of rotatable bonds is 7. The Hall–Kier alpha value is -1.33. The lowest BCUT2D eigenvalue weighted by molar-refractivity contribution is 0.208. The van der Waals surface area contributed by atoms with Crippen molar-refractivity contribution in [2.45, 2.75) is 44.1 Å². The molecule has 1 aromatic heterocycles. The van der Waals surface area contributed by atoms with Crippen LogP contribution in [0.1, 0.15) is 48.4 Å². The molecule has 0 radical (unpaired) electrons. The van der Waals surface area contributed by atoms with Crippen LogP contribution in [0.15, 0.2) is 30.5 Å². The molecule has 150 valence electrons. The first kappa shape index (κ1) is 20.0. The van der Waals surface area contributed by atoms with Crippen molar-refractivity contribution in [1.29, 1.82) is 0 Å². The first-order valence-corrected chi connectivity index (χ1v) is 11.1. The zero-order chi connectivity index (χ0) is 19.3. The Balaban J connectivity index is 1.12. The molecule has 6 heteroatoms. The zero-order valence-corrected chi connectivity index (χ0v) is 17.6. The largest absolute Gasteiger partial charge is 0.310 e. The molecule has 2 aromatic rings. The van der Waals surface area contributed by atoms with Crippen LogP contribution < -0.4 is 5.32 Å². The molecule has 1 aromatic carbocycles. The van der Waals surface area contributed by atoms with Crippen LogP contribution in [0.25, 0.3) is 6.08 Å². The molecule has 2 aliphatic rings. The quantitative estimate of drug-likeness (QED) is 0.628. The number of hydrogen-bond acceptors (Lipinski definition) is 3. The minimum absolute atomic E-state index is 0.422. The summed E-state index contributed by atoms with van der Waals surface area (Å²) in [5.41, 5.74) is 3.68. The lowest BCUT2D eigenvalue weighted by Crippen LogP contribution is -2.35. The van der Waals surface area contributed by atoms with Gasteiger partial charge in [-0.25, -0.2) is 0 Å². The predicted molar refractivity (Wildman–Crippen MR) is 117 cm³/mol. The van der Waals surface area contributed by atoms with E-state index in [0.29, 0.717) is 17.0 Å². The van der Waals surface area contributed by atoms with E-state index in [4.69, 9.17) is 23.2 Å². The highest BCUT2D eigenvalue weighted by Crippen LogP contribution is 2.36. The van der Waals surface area contributed by atoms with Crippen LogP contribution >= 0.6 is 23.2 Å². The number of fused-ring (bicyclic) bond motifs is 1. The van der Waals surface area contributed by atoms with Gasteiger partial charge in [0, 0.05) is 23.7 Å². The summed E-state index contributed by atoms with van der Waals surface area (Å²) in [5.74, 6) is 0.537. The fourth-order valence-electron chi connectivity index (χ4n) is 4.33. The van der Waals surface area contributed by atoms with Gasteiger partial charge in [0.05, 0.1) is 16.2 Å². The van der Waals surface area contributed by atoms with Crippen molar-refractivity contribution in [3.63, 3.8) is 0 Å². The van der Waals surface area contributed by atoms with Crippen molar-refractivity contribution >= 4 is 29.3 Å². The Bertz CT molecular complexity index is 809. The Morgan fingerprint density at radius 2 is 2.04 bits per heavy atom.